The van der Waals surface area contributed by atoms with Gasteiger partial charge in [-0.3, -0.25) is 0 Å². The van der Waals surface area contributed by atoms with E-state index in [1.807, 2.05) is 55.5 Å². The molecule has 0 amide bonds. The van der Waals surface area contributed by atoms with Crippen LogP contribution in [0.2, 0.25) is 0 Å². The van der Waals surface area contributed by atoms with Gasteiger partial charge < -0.3 is 0 Å². The molecule has 0 saturated carbocycles. The fraction of sp³-hybridized carbons (Fsp3) is 0.0714. The van der Waals surface area contributed by atoms with Crippen LogP contribution in [-0.4, -0.2) is 0 Å². The lowest BCUT2D eigenvalue weighted by atomic mass is 10.0. The fourth-order valence-electron chi connectivity index (χ4n) is 1.55. The summed E-state index contributed by atoms with van der Waals surface area (Å²) in [5, 5.41) is 8.94. The third-order valence-electron chi connectivity index (χ3n) is 2.47. The SMILES string of the molecule is Cc1ccc(-c2ccccc2)cc1C#N. The van der Waals surface area contributed by atoms with E-state index in [0.717, 1.165) is 22.3 Å². The molecule has 0 aliphatic heterocycles. The van der Waals surface area contributed by atoms with Crippen molar-refractivity contribution in [1.82, 2.24) is 0 Å². The number of hydrogen-bond acceptors (Lipinski definition) is 1. The van der Waals surface area contributed by atoms with Crippen molar-refractivity contribution in [2.24, 2.45) is 0 Å². The molecule has 0 bridgehead atoms. The second kappa shape index (κ2) is 3.98. The summed E-state index contributed by atoms with van der Waals surface area (Å²) in [6.45, 7) is 1.95. The topological polar surface area (TPSA) is 23.8 Å². The molecule has 72 valence electrons. The molecule has 0 radical (unpaired) electrons. The zero-order valence-corrected chi connectivity index (χ0v) is 8.57. The predicted octanol–water partition coefficient (Wildman–Crippen LogP) is 3.53. The Kier molecular flexibility index (Phi) is 2.51. The average Bonchev–Trinajstić information content (AvgIpc) is 2.31. The summed E-state index contributed by atoms with van der Waals surface area (Å²) in [6.07, 6.45) is 0. The van der Waals surface area contributed by atoms with Crippen molar-refractivity contribution in [3.63, 3.8) is 0 Å². The van der Waals surface area contributed by atoms with Crippen molar-refractivity contribution in [1.29, 1.82) is 5.26 Å². The minimum Gasteiger partial charge on any atom is -0.192 e. The van der Waals surface area contributed by atoms with Crippen molar-refractivity contribution in [3.05, 3.63) is 59.7 Å². The summed E-state index contributed by atoms with van der Waals surface area (Å²) in [4.78, 5) is 0. The van der Waals surface area contributed by atoms with Gasteiger partial charge in [0.05, 0.1) is 11.6 Å². The Labute approximate surface area is 89.6 Å². The second-order valence-electron chi connectivity index (χ2n) is 3.51. The van der Waals surface area contributed by atoms with E-state index >= 15 is 0 Å². The van der Waals surface area contributed by atoms with E-state index in [1.54, 1.807) is 0 Å². The van der Waals surface area contributed by atoms with Crippen LogP contribution >= 0.6 is 0 Å². The fourth-order valence-corrected chi connectivity index (χ4v) is 1.55. The third kappa shape index (κ3) is 1.89. The zero-order valence-electron chi connectivity index (χ0n) is 8.57. The van der Waals surface area contributed by atoms with Crippen molar-refractivity contribution < 1.29 is 0 Å². The van der Waals surface area contributed by atoms with Crippen LogP contribution in [0.5, 0.6) is 0 Å². The first kappa shape index (κ1) is 9.48. The van der Waals surface area contributed by atoms with Crippen LogP contribution in [0.15, 0.2) is 48.5 Å². The number of hydrogen-bond donors (Lipinski definition) is 0. The van der Waals surface area contributed by atoms with E-state index in [9.17, 15) is 0 Å². The third-order valence-corrected chi connectivity index (χ3v) is 2.47. The van der Waals surface area contributed by atoms with Crippen molar-refractivity contribution in [2.45, 2.75) is 6.92 Å². The molecule has 0 aromatic heterocycles. The van der Waals surface area contributed by atoms with Gasteiger partial charge in [0, 0.05) is 0 Å². The van der Waals surface area contributed by atoms with E-state index in [1.165, 1.54) is 0 Å². The average molecular weight is 193 g/mol. The summed E-state index contributed by atoms with van der Waals surface area (Å²) < 4.78 is 0. The molecule has 0 aliphatic carbocycles. The summed E-state index contributed by atoms with van der Waals surface area (Å²) in [5.41, 5.74) is 4.01. The largest absolute Gasteiger partial charge is 0.192 e. The number of aryl methyl sites for hydroxylation is 1. The smallest absolute Gasteiger partial charge is 0.0994 e. The molecular formula is C14H11N. The Bertz CT molecular complexity index is 507. The minimum atomic E-state index is 0.747. The molecule has 0 aliphatic rings. The Morgan fingerprint density at radius 3 is 2.33 bits per heavy atom. The summed E-state index contributed by atoms with van der Waals surface area (Å²) in [5.74, 6) is 0. The highest BCUT2D eigenvalue weighted by molar-refractivity contribution is 5.65. The molecule has 0 fully saturated rings. The highest BCUT2D eigenvalue weighted by Crippen LogP contribution is 2.21. The van der Waals surface area contributed by atoms with Gasteiger partial charge in [0.2, 0.25) is 0 Å². The van der Waals surface area contributed by atoms with Crippen LogP contribution in [0, 0.1) is 18.3 Å². The lowest BCUT2D eigenvalue weighted by Gasteiger charge is -2.03. The van der Waals surface area contributed by atoms with Crippen LogP contribution < -0.4 is 0 Å². The highest BCUT2D eigenvalue weighted by atomic mass is 14.2. The van der Waals surface area contributed by atoms with E-state index in [2.05, 4.69) is 6.07 Å². The molecule has 2 aromatic carbocycles. The maximum atomic E-state index is 8.94. The second-order valence-corrected chi connectivity index (χ2v) is 3.51. The van der Waals surface area contributed by atoms with Crippen molar-refractivity contribution in [3.8, 4) is 17.2 Å². The molecule has 2 aromatic rings. The first-order valence-corrected chi connectivity index (χ1v) is 4.87. The minimum absolute atomic E-state index is 0.747. The van der Waals surface area contributed by atoms with Crippen LogP contribution in [0.1, 0.15) is 11.1 Å². The number of nitrogens with zero attached hydrogens (tertiary/aromatic N) is 1. The van der Waals surface area contributed by atoms with Gasteiger partial charge in [-0.25, -0.2) is 0 Å². The molecule has 2 rings (SSSR count). The van der Waals surface area contributed by atoms with Gasteiger partial charge in [0.25, 0.3) is 0 Å². The highest BCUT2D eigenvalue weighted by Gasteiger charge is 2.00. The maximum Gasteiger partial charge on any atom is 0.0994 e. The van der Waals surface area contributed by atoms with Crippen LogP contribution in [-0.2, 0) is 0 Å². The van der Waals surface area contributed by atoms with Gasteiger partial charge in [0.15, 0.2) is 0 Å². The standard InChI is InChI=1S/C14H11N/c1-11-7-8-13(9-14(11)10-15)12-5-3-2-4-6-12/h2-9H,1H3. The first-order valence-electron chi connectivity index (χ1n) is 4.87. The first-order chi connectivity index (χ1) is 7.31. The molecule has 15 heavy (non-hydrogen) atoms. The lowest BCUT2D eigenvalue weighted by Crippen LogP contribution is -1.84. The van der Waals surface area contributed by atoms with E-state index in [-0.39, 0.29) is 0 Å². The molecule has 0 unspecified atom stereocenters. The van der Waals surface area contributed by atoms with E-state index in [4.69, 9.17) is 5.26 Å². The predicted molar refractivity (Wildman–Crippen MR) is 61.3 cm³/mol. The molecule has 0 heterocycles. The van der Waals surface area contributed by atoms with Crippen LogP contribution in [0.4, 0.5) is 0 Å². The van der Waals surface area contributed by atoms with Gasteiger partial charge in [-0.1, -0.05) is 42.5 Å². The van der Waals surface area contributed by atoms with Gasteiger partial charge in [0.1, 0.15) is 0 Å². The van der Waals surface area contributed by atoms with Crippen molar-refractivity contribution in [2.75, 3.05) is 0 Å². The van der Waals surface area contributed by atoms with E-state index in [0.29, 0.717) is 0 Å². The summed E-state index contributed by atoms with van der Waals surface area (Å²) in [7, 11) is 0. The molecule has 0 saturated heterocycles. The molecule has 0 atom stereocenters. The molecular weight excluding hydrogens is 182 g/mol. The Balaban J connectivity index is 2.52. The number of benzene rings is 2. The molecule has 1 nitrogen and oxygen atoms in total. The lowest BCUT2D eigenvalue weighted by molar-refractivity contribution is 1.39. The van der Waals surface area contributed by atoms with Gasteiger partial charge in [-0.15, -0.1) is 0 Å². The van der Waals surface area contributed by atoms with E-state index < -0.39 is 0 Å². The zero-order chi connectivity index (χ0) is 10.7. The van der Waals surface area contributed by atoms with Gasteiger partial charge in [-0.2, -0.15) is 5.26 Å². The van der Waals surface area contributed by atoms with Crippen LogP contribution in [0.3, 0.4) is 0 Å². The van der Waals surface area contributed by atoms with Gasteiger partial charge in [-0.05, 0) is 29.7 Å². The quantitative estimate of drug-likeness (QED) is 0.679. The molecule has 0 spiro atoms. The maximum absolute atomic E-state index is 8.94. The summed E-state index contributed by atoms with van der Waals surface area (Å²) >= 11 is 0. The Hall–Kier alpha value is -2.07. The normalized spacial score (nSPS) is 9.60. The molecule has 0 N–H and O–H groups in total. The van der Waals surface area contributed by atoms with Gasteiger partial charge >= 0.3 is 0 Å². The number of rotatable bonds is 1. The summed E-state index contributed by atoms with van der Waals surface area (Å²) in [6, 6.07) is 18.3. The van der Waals surface area contributed by atoms with Crippen LogP contribution in [0.25, 0.3) is 11.1 Å². The molecule has 1 heteroatoms. The van der Waals surface area contributed by atoms with Crippen molar-refractivity contribution >= 4 is 0 Å². The monoisotopic (exact) mass is 193 g/mol. The Morgan fingerprint density at radius 2 is 1.67 bits per heavy atom. The number of nitriles is 1. The Morgan fingerprint density at radius 1 is 0.933 bits per heavy atom.